The quantitative estimate of drug-likeness (QED) is 0.0414. The van der Waals surface area contributed by atoms with Crippen molar-refractivity contribution in [3.05, 3.63) is 154 Å². The molecule has 0 saturated carbocycles. The largest absolute Gasteiger partial charge is 0.491 e. The number of aromatic nitrogens is 5. The van der Waals surface area contributed by atoms with E-state index in [9.17, 15) is 28.0 Å². The molecule has 1 aliphatic carbocycles. The fraction of sp³-hybridized carbons (Fsp3) is 0.444. The van der Waals surface area contributed by atoms with Crippen molar-refractivity contribution < 1.29 is 57.4 Å². The van der Waals surface area contributed by atoms with Gasteiger partial charge < -0.3 is 49.7 Å². The molecule has 4 aromatic carbocycles. The van der Waals surface area contributed by atoms with Crippen LogP contribution in [0, 0.1) is 17.0 Å². The molecule has 22 heteroatoms. The van der Waals surface area contributed by atoms with Gasteiger partial charge in [0.2, 0.25) is 17.7 Å². The van der Waals surface area contributed by atoms with Crippen molar-refractivity contribution >= 4 is 35.4 Å². The molecule has 8 rings (SSSR count). The van der Waals surface area contributed by atoms with Crippen LogP contribution in [0.3, 0.4) is 0 Å². The summed E-state index contributed by atoms with van der Waals surface area (Å²) in [7, 11) is 1.48. The zero-order valence-corrected chi connectivity index (χ0v) is 49.6. The first-order valence-electron chi connectivity index (χ1n) is 28.7. The normalized spacial score (nSPS) is 15.6. The van der Waals surface area contributed by atoms with E-state index in [1.807, 2.05) is 61.7 Å². The van der Waals surface area contributed by atoms with E-state index in [0.717, 1.165) is 48.1 Å². The number of likely N-dealkylation sites (N-methyl/N-ethyl adjacent to an activating group) is 1. The van der Waals surface area contributed by atoms with Gasteiger partial charge in [0.05, 0.1) is 32.4 Å². The number of rotatable bonds is 24. The molecule has 0 fully saturated rings. The second-order valence-electron chi connectivity index (χ2n) is 23.3. The van der Waals surface area contributed by atoms with Gasteiger partial charge in [0.1, 0.15) is 59.7 Å². The number of halogens is 2. The molecule has 0 bridgehead atoms. The molecule has 3 heterocycles. The highest BCUT2D eigenvalue weighted by Crippen LogP contribution is 2.34. The number of aryl methyl sites for hydroxylation is 1. The molecular formula is C63H85F2N11O9. The number of amides is 5. The minimum Gasteiger partial charge on any atom is -0.491 e. The van der Waals surface area contributed by atoms with Crippen LogP contribution in [-0.2, 0) is 67.6 Å². The van der Waals surface area contributed by atoms with Gasteiger partial charge in [-0.3, -0.25) is 24.1 Å². The van der Waals surface area contributed by atoms with Crippen molar-refractivity contribution in [2.75, 3.05) is 45.4 Å². The van der Waals surface area contributed by atoms with Gasteiger partial charge in [-0.1, -0.05) is 63.2 Å². The zero-order chi connectivity index (χ0) is 60.8. The van der Waals surface area contributed by atoms with Crippen LogP contribution in [0.15, 0.2) is 104 Å². The van der Waals surface area contributed by atoms with Crippen molar-refractivity contribution in [2.45, 2.75) is 137 Å². The monoisotopic (exact) mass is 1180 g/mol. The number of anilines is 1. The maximum absolute atomic E-state index is 15.1. The van der Waals surface area contributed by atoms with Gasteiger partial charge in [0.25, 0.3) is 5.91 Å². The third kappa shape index (κ3) is 16.7. The summed E-state index contributed by atoms with van der Waals surface area (Å²) in [6, 6.07) is 22.6. The maximum atomic E-state index is 15.1. The summed E-state index contributed by atoms with van der Waals surface area (Å²) < 4.78 is 53.8. The molecule has 0 radical (unpaired) electrons. The second kappa shape index (κ2) is 28.5. The van der Waals surface area contributed by atoms with Crippen LogP contribution in [0.1, 0.15) is 123 Å². The summed E-state index contributed by atoms with van der Waals surface area (Å²) in [5.41, 5.74) is 3.65. The summed E-state index contributed by atoms with van der Waals surface area (Å²) in [6.07, 6.45) is 5.82. The van der Waals surface area contributed by atoms with Crippen LogP contribution in [0.2, 0.25) is 0 Å². The Hall–Kier alpha value is -8.37. The number of benzene rings is 4. The fourth-order valence-electron chi connectivity index (χ4n) is 10.1. The lowest BCUT2D eigenvalue weighted by molar-refractivity contribution is -0.147. The third-order valence-corrected chi connectivity index (χ3v) is 14.9. The van der Waals surface area contributed by atoms with Gasteiger partial charge in [0.15, 0.2) is 11.6 Å². The average molecular weight is 1180 g/mol. The lowest BCUT2D eigenvalue weighted by Crippen LogP contribution is -2.62. The van der Waals surface area contributed by atoms with Crippen LogP contribution in [0.25, 0.3) is 11.5 Å². The first-order chi connectivity index (χ1) is 40.6. The second-order valence-corrected chi connectivity index (χ2v) is 23.3. The number of ether oxygens (including phenoxy) is 4. The Morgan fingerprint density at radius 3 is 2.31 bits per heavy atom. The van der Waals surface area contributed by atoms with E-state index in [-0.39, 0.29) is 62.5 Å². The third-order valence-electron chi connectivity index (χ3n) is 14.9. The SMILES string of the molecule is C[C@@H](C(=O)N[C@H](C(=O)N1Cc2cc(OCCOCCOCCCn3c(CNc4cccc(C(=O)NCc5c(F)cccc5F)c4)nnc3-c3ccncn3)ccc2CC1C(=O)N[C@@H]1CCCc2ccccc21)C(C)(C)C)N(C)C(=O)OC(C)(C)C.[HH].[HH].[HH].[HH]. The molecule has 1 aliphatic heterocycles. The van der Waals surface area contributed by atoms with Gasteiger partial charge >= 0.3 is 6.09 Å². The van der Waals surface area contributed by atoms with E-state index in [1.54, 1.807) is 69.1 Å². The summed E-state index contributed by atoms with van der Waals surface area (Å²) in [4.78, 5) is 80.7. The van der Waals surface area contributed by atoms with E-state index in [2.05, 4.69) is 47.5 Å². The average Bonchev–Trinajstić information content (AvgIpc) is 2.66. The molecule has 4 N–H and O–H groups in total. The van der Waals surface area contributed by atoms with Crippen molar-refractivity contribution in [2.24, 2.45) is 5.41 Å². The summed E-state index contributed by atoms with van der Waals surface area (Å²) in [5, 5.41) is 21.0. The molecule has 1 unspecified atom stereocenters. The van der Waals surface area contributed by atoms with E-state index < -0.39 is 64.6 Å². The molecule has 85 heavy (non-hydrogen) atoms. The molecule has 5 amide bonds. The van der Waals surface area contributed by atoms with Gasteiger partial charge in [-0.25, -0.2) is 23.5 Å². The molecular weight excluding hydrogens is 1090 g/mol. The van der Waals surface area contributed by atoms with E-state index in [4.69, 9.17) is 18.9 Å². The Kier molecular flexibility index (Phi) is 21.0. The lowest BCUT2D eigenvalue weighted by atomic mass is 9.83. The van der Waals surface area contributed by atoms with Crippen LogP contribution in [0.5, 0.6) is 5.75 Å². The Labute approximate surface area is 500 Å². The van der Waals surface area contributed by atoms with Crippen LogP contribution in [-0.4, -0.2) is 128 Å². The van der Waals surface area contributed by atoms with E-state index >= 15 is 4.79 Å². The minimum absolute atomic E-state index is 0. The first kappa shape index (κ1) is 62.7. The number of hydrogen-bond donors (Lipinski definition) is 4. The van der Waals surface area contributed by atoms with Crippen LogP contribution in [0.4, 0.5) is 19.3 Å². The molecule has 0 saturated heterocycles. The summed E-state index contributed by atoms with van der Waals surface area (Å²) in [5.74, 6) is -1.53. The summed E-state index contributed by atoms with van der Waals surface area (Å²) >= 11 is 0. The van der Waals surface area contributed by atoms with Crippen molar-refractivity contribution in [1.29, 1.82) is 0 Å². The van der Waals surface area contributed by atoms with Gasteiger partial charge in [0, 0.05) is 68.4 Å². The van der Waals surface area contributed by atoms with Gasteiger partial charge in [-0.15, -0.1) is 10.2 Å². The highest BCUT2D eigenvalue weighted by molar-refractivity contribution is 5.96. The van der Waals surface area contributed by atoms with Crippen molar-refractivity contribution in [3.63, 3.8) is 0 Å². The van der Waals surface area contributed by atoms with Crippen molar-refractivity contribution in [1.82, 2.24) is 50.5 Å². The number of nitrogens with zero attached hydrogens (tertiary/aromatic N) is 7. The zero-order valence-electron chi connectivity index (χ0n) is 49.6. The predicted molar refractivity (Wildman–Crippen MR) is 322 cm³/mol. The summed E-state index contributed by atoms with van der Waals surface area (Å²) in [6.45, 7) is 14.4. The number of fused-ring (bicyclic) bond motifs is 2. The minimum atomic E-state index is -1.07. The first-order valence-corrected chi connectivity index (χ1v) is 28.7. The molecule has 2 aromatic heterocycles. The van der Waals surface area contributed by atoms with E-state index in [0.29, 0.717) is 67.1 Å². The number of carbonyl (C=O) groups is 5. The van der Waals surface area contributed by atoms with Crippen molar-refractivity contribution in [3.8, 4) is 17.3 Å². The highest BCUT2D eigenvalue weighted by atomic mass is 19.1. The predicted octanol–water partition coefficient (Wildman–Crippen LogP) is 9.28. The molecule has 4 atom stereocenters. The van der Waals surface area contributed by atoms with E-state index in [1.165, 1.54) is 29.9 Å². The topological polar surface area (TPSA) is 233 Å². The number of carbonyl (C=O) groups excluding carboxylic acids is 5. The number of hydrogen-bond acceptors (Lipinski definition) is 14. The standard InChI is InChI=1S/C63H77F2N11O9.4H2/c1-40(74(8)61(81)85-63(5,6)7)57(77)71-55(62(2,3)4)60(80)76-38-44-34-46(24-23-42(44)35-53(76)59(79)70-51-22-12-16-41-15-9-10-19-47(41)51)84-32-31-83-30-29-82-28-14-27-75-54(72-73-56(75)52-25-26-66-39-69-52)37-67-45-18-11-17-43(33-45)58(78)68-36-48-49(64)20-13-21-50(48)65;;;;/h9-11,13,15,17-21,23-26,33-34,39-40,51,53,55,67H,12,14,16,22,27-32,35-38H2,1-8H3,(H,68,78)(H,70,79)(H,71,77);4*1H/t40-,51+,53?,55+;;;;/m0..../s1. The maximum Gasteiger partial charge on any atom is 0.410 e. The van der Waals surface area contributed by atoms with Crippen LogP contribution < -0.4 is 26.0 Å². The Morgan fingerprint density at radius 1 is 0.824 bits per heavy atom. The molecule has 460 valence electrons. The van der Waals surface area contributed by atoms with Gasteiger partial charge in [-0.05, 0) is 130 Å². The molecule has 2 aliphatic rings. The smallest absolute Gasteiger partial charge is 0.410 e. The Bertz CT molecular complexity index is 3300. The van der Waals surface area contributed by atoms with Crippen LogP contribution >= 0.6 is 0 Å². The lowest BCUT2D eigenvalue weighted by Gasteiger charge is -2.42. The highest BCUT2D eigenvalue weighted by Gasteiger charge is 2.44. The Balaban J connectivity index is 0.00000423. The molecule has 0 spiro atoms. The Morgan fingerprint density at radius 2 is 1.56 bits per heavy atom. The fourth-order valence-corrected chi connectivity index (χ4v) is 10.1. The van der Waals surface area contributed by atoms with Gasteiger partial charge in [-0.2, -0.15) is 0 Å². The number of nitrogens with one attached hydrogen (secondary N) is 4. The molecule has 6 aromatic rings. The molecule has 20 nitrogen and oxygen atoms in total.